The molecule has 0 aliphatic heterocycles. The standard InChI is InChI=1S/C20H25N3O3/c1-15(16-6-4-3-5-7-16)22-14-19(24)23-18-10-8-17(9-11-18)20(25)21-12-13-26-2/h3-11,15,22H,12-14H2,1-2H3,(H,21,25)(H,23,24). The molecule has 26 heavy (non-hydrogen) atoms. The number of nitrogens with one attached hydrogen (secondary N) is 3. The summed E-state index contributed by atoms with van der Waals surface area (Å²) in [5.74, 6) is -0.302. The first kappa shape index (κ1) is 19.6. The molecule has 0 aliphatic rings. The average molecular weight is 355 g/mol. The number of carbonyl (C=O) groups excluding carboxylic acids is 2. The van der Waals surface area contributed by atoms with Gasteiger partial charge in [-0.2, -0.15) is 0 Å². The summed E-state index contributed by atoms with van der Waals surface area (Å²) in [6.07, 6.45) is 0. The van der Waals surface area contributed by atoms with Crippen molar-refractivity contribution in [2.45, 2.75) is 13.0 Å². The minimum absolute atomic E-state index is 0.0834. The fraction of sp³-hybridized carbons (Fsp3) is 0.300. The van der Waals surface area contributed by atoms with Crippen molar-refractivity contribution in [1.29, 1.82) is 0 Å². The van der Waals surface area contributed by atoms with Crippen LogP contribution in [0.25, 0.3) is 0 Å². The number of carbonyl (C=O) groups is 2. The van der Waals surface area contributed by atoms with Crippen molar-refractivity contribution in [2.75, 3.05) is 32.1 Å². The van der Waals surface area contributed by atoms with E-state index >= 15 is 0 Å². The number of anilines is 1. The number of methoxy groups -OCH3 is 1. The Morgan fingerprint density at radius 1 is 1.04 bits per heavy atom. The molecule has 1 unspecified atom stereocenters. The first-order valence-electron chi connectivity index (χ1n) is 8.55. The SMILES string of the molecule is COCCNC(=O)c1ccc(NC(=O)CNC(C)c2ccccc2)cc1. The zero-order valence-corrected chi connectivity index (χ0v) is 15.1. The van der Waals surface area contributed by atoms with Crippen molar-refractivity contribution in [2.24, 2.45) is 0 Å². The molecule has 138 valence electrons. The Bertz CT molecular complexity index is 702. The van der Waals surface area contributed by atoms with Gasteiger partial charge in [0.05, 0.1) is 13.2 Å². The molecule has 3 N–H and O–H groups in total. The maximum absolute atomic E-state index is 12.1. The van der Waals surface area contributed by atoms with Crippen LogP contribution in [-0.2, 0) is 9.53 Å². The third-order valence-corrected chi connectivity index (χ3v) is 3.89. The van der Waals surface area contributed by atoms with Gasteiger partial charge in [0.15, 0.2) is 0 Å². The van der Waals surface area contributed by atoms with Gasteiger partial charge in [0, 0.05) is 30.9 Å². The molecule has 0 saturated carbocycles. The molecule has 0 bridgehead atoms. The zero-order valence-electron chi connectivity index (χ0n) is 15.1. The van der Waals surface area contributed by atoms with Gasteiger partial charge in [-0.25, -0.2) is 0 Å². The van der Waals surface area contributed by atoms with Gasteiger partial charge >= 0.3 is 0 Å². The molecule has 2 aromatic rings. The molecule has 6 heteroatoms. The van der Waals surface area contributed by atoms with Crippen LogP contribution in [0.2, 0.25) is 0 Å². The van der Waals surface area contributed by atoms with Crippen molar-refractivity contribution in [3.05, 3.63) is 65.7 Å². The van der Waals surface area contributed by atoms with E-state index in [1.165, 1.54) is 0 Å². The van der Waals surface area contributed by atoms with Crippen molar-refractivity contribution in [3.63, 3.8) is 0 Å². The maximum atomic E-state index is 12.1. The van der Waals surface area contributed by atoms with Crippen LogP contribution in [0.3, 0.4) is 0 Å². The van der Waals surface area contributed by atoms with Crippen molar-refractivity contribution in [3.8, 4) is 0 Å². The van der Waals surface area contributed by atoms with Gasteiger partial charge in [0.25, 0.3) is 5.91 Å². The van der Waals surface area contributed by atoms with Gasteiger partial charge in [-0.15, -0.1) is 0 Å². The Labute approximate surface area is 153 Å². The molecule has 0 aliphatic carbocycles. The summed E-state index contributed by atoms with van der Waals surface area (Å²) in [6.45, 7) is 3.14. The van der Waals surface area contributed by atoms with Gasteiger partial charge in [0.1, 0.15) is 0 Å². The third-order valence-electron chi connectivity index (χ3n) is 3.89. The molecule has 2 amide bonds. The maximum Gasteiger partial charge on any atom is 0.251 e. The van der Waals surface area contributed by atoms with Gasteiger partial charge < -0.3 is 20.7 Å². The average Bonchev–Trinajstić information content (AvgIpc) is 2.67. The summed E-state index contributed by atoms with van der Waals surface area (Å²) in [5, 5.41) is 8.75. The Hall–Kier alpha value is -2.70. The van der Waals surface area contributed by atoms with Crippen LogP contribution in [0.4, 0.5) is 5.69 Å². The molecule has 0 spiro atoms. The second-order valence-electron chi connectivity index (χ2n) is 5.89. The second kappa shape index (κ2) is 10.3. The number of rotatable bonds is 9. The summed E-state index contributed by atoms with van der Waals surface area (Å²) in [5.41, 5.74) is 2.32. The fourth-order valence-corrected chi connectivity index (χ4v) is 2.38. The summed E-state index contributed by atoms with van der Waals surface area (Å²) in [6, 6.07) is 16.8. The van der Waals surface area contributed by atoms with Crippen molar-refractivity contribution < 1.29 is 14.3 Å². The molecular formula is C20H25N3O3. The number of hydrogen-bond acceptors (Lipinski definition) is 4. The normalized spacial score (nSPS) is 11.6. The quantitative estimate of drug-likeness (QED) is 0.603. The highest BCUT2D eigenvalue weighted by molar-refractivity contribution is 5.96. The van der Waals surface area contributed by atoms with E-state index in [0.29, 0.717) is 24.4 Å². The lowest BCUT2D eigenvalue weighted by atomic mass is 10.1. The molecule has 0 saturated heterocycles. The summed E-state index contributed by atoms with van der Waals surface area (Å²) >= 11 is 0. The molecule has 2 aromatic carbocycles. The van der Waals surface area contributed by atoms with Gasteiger partial charge in [-0.05, 0) is 36.8 Å². The van der Waals surface area contributed by atoms with E-state index in [2.05, 4.69) is 16.0 Å². The summed E-state index contributed by atoms with van der Waals surface area (Å²) in [4.78, 5) is 24.0. The van der Waals surface area contributed by atoms with E-state index in [9.17, 15) is 9.59 Å². The highest BCUT2D eigenvalue weighted by atomic mass is 16.5. The van der Waals surface area contributed by atoms with E-state index in [0.717, 1.165) is 5.56 Å². The predicted molar refractivity (Wildman–Crippen MR) is 102 cm³/mol. The first-order chi connectivity index (χ1) is 12.6. The predicted octanol–water partition coefficient (Wildman–Crippen LogP) is 2.35. The summed E-state index contributed by atoms with van der Waals surface area (Å²) in [7, 11) is 1.58. The van der Waals surface area contributed by atoms with Crippen LogP contribution in [0.5, 0.6) is 0 Å². The lowest BCUT2D eigenvalue weighted by molar-refractivity contribution is -0.115. The van der Waals surface area contributed by atoms with Crippen molar-refractivity contribution in [1.82, 2.24) is 10.6 Å². The van der Waals surface area contributed by atoms with Gasteiger partial charge in [-0.3, -0.25) is 9.59 Å². The van der Waals surface area contributed by atoms with Crippen LogP contribution >= 0.6 is 0 Å². The van der Waals surface area contributed by atoms with Crippen LogP contribution < -0.4 is 16.0 Å². The second-order valence-corrected chi connectivity index (χ2v) is 5.89. The number of amides is 2. The van der Waals surface area contributed by atoms with Crippen LogP contribution in [-0.4, -0.2) is 38.6 Å². The first-order valence-corrected chi connectivity index (χ1v) is 8.55. The van der Waals surface area contributed by atoms with Crippen LogP contribution in [0.15, 0.2) is 54.6 Å². The monoisotopic (exact) mass is 355 g/mol. The van der Waals surface area contributed by atoms with Crippen molar-refractivity contribution >= 4 is 17.5 Å². The Balaban J connectivity index is 1.79. The van der Waals surface area contributed by atoms with Gasteiger partial charge in [-0.1, -0.05) is 30.3 Å². The van der Waals surface area contributed by atoms with Crippen LogP contribution in [0, 0.1) is 0 Å². The lowest BCUT2D eigenvalue weighted by Gasteiger charge is -2.14. The molecule has 0 fully saturated rings. The Kier molecular flexibility index (Phi) is 7.79. The molecule has 0 heterocycles. The molecular weight excluding hydrogens is 330 g/mol. The zero-order chi connectivity index (χ0) is 18.8. The molecule has 2 rings (SSSR count). The number of benzene rings is 2. The van der Waals surface area contributed by atoms with Crippen LogP contribution in [0.1, 0.15) is 28.9 Å². The number of hydrogen-bond donors (Lipinski definition) is 3. The van der Waals surface area contributed by atoms with E-state index < -0.39 is 0 Å². The van der Waals surface area contributed by atoms with E-state index in [1.807, 2.05) is 37.3 Å². The van der Waals surface area contributed by atoms with Gasteiger partial charge in [0.2, 0.25) is 5.91 Å². The highest BCUT2D eigenvalue weighted by Crippen LogP contribution is 2.12. The van der Waals surface area contributed by atoms with E-state index in [1.54, 1.807) is 31.4 Å². The minimum Gasteiger partial charge on any atom is -0.383 e. The largest absolute Gasteiger partial charge is 0.383 e. The highest BCUT2D eigenvalue weighted by Gasteiger charge is 2.09. The fourth-order valence-electron chi connectivity index (χ4n) is 2.38. The topological polar surface area (TPSA) is 79.5 Å². The molecule has 1 atom stereocenters. The molecule has 0 aromatic heterocycles. The Morgan fingerprint density at radius 2 is 1.73 bits per heavy atom. The minimum atomic E-state index is -0.168. The summed E-state index contributed by atoms with van der Waals surface area (Å²) < 4.78 is 4.89. The molecule has 6 nitrogen and oxygen atoms in total. The Morgan fingerprint density at radius 3 is 2.38 bits per heavy atom. The van der Waals surface area contributed by atoms with E-state index in [-0.39, 0.29) is 24.4 Å². The van der Waals surface area contributed by atoms with E-state index in [4.69, 9.17) is 4.74 Å². The smallest absolute Gasteiger partial charge is 0.251 e. The third kappa shape index (κ3) is 6.31. The number of ether oxygens (including phenoxy) is 1. The lowest BCUT2D eigenvalue weighted by Crippen LogP contribution is -2.30. The molecule has 0 radical (unpaired) electrons.